The molecule has 0 saturated heterocycles. The van der Waals surface area contributed by atoms with Crippen molar-refractivity contribution in [3.8, 4) is 0 Å². The number of benzene rings is 1. The number of amides is 1. The zero-order valence-corrected chi connectivity index (χ0v) is 13.1. The van der Waals surface area contributed by atoms with Crippen molar-refractivity contribution in [3.63, 3.8) is 0 Å². The lowest BCUT2D eigenvalue weighted by Gasteiger charge is -2.26. The molecule has 1 saturated carbocycles. The summed E-state index contributed by atoms with van der Waals surface area (Å²) in [5.74, 6) is -0.0612. The highest BCUT2D eigenvalue weighted by molar-refractivity contribution is 6.35. The van der Waals surface area contributed by atoms with Crippen LogP contribution in [0, 0.1) is 0 Å². The molecule has 1 aromatic rings. The molecule has 20 heavy (non-hydrogen) atoms. The van der Waals surface area contributed by atoms with Gasteiger partial charge in [-0.15, -0.1) is 0 Å². The Morgan fingerprint density at radius 1 is 1.15 bits per heavy atom. The molecule has 1 aliphatic carbocycles. The first-order chi connectivity index (χ1) is 9.54. The molecule has 0 aliphatic heterocycles. The maximum atomic E-state index is 12.1. The lowest BCUT2D eigenvalue weighted by Crippen LogP contribution is -2.44. The summed E-state index contributed by atoms with van der Waals surface area (Å²) in [6.45, 7) is 1.89. The van der Waals surface area contributed by atoms with Gasteiger partial charge in [-0.3, -0.25) is 4.79 Å². The van der Waals surface area contributed by atoms with Crippen LogP contribution in [0.3, 0.4) is 0 Å². The number of halogens is 2. The van der Waals surface area contributed by atoms with Gasteiger partial charge in [0.2, 0.25) is 5.91 Å². The molecule has 0 radical (unpaired) electrons. The molecule has 2 N–H and O–H groups in total. The van der Waals surface area contributed by atoms with E-state index in [9.17, 15) is 4.79 Å². The number of rotatable bonds is 4. The molecule has 1 fully saturated rings. The highest BCUT2D eigenvalue weighted by Gasteiger charge is 2.19. The summed E-state index contributed by atoms with van der Waals surface area (Å²) >= 11 is 11.8. The van der Waals surface area contributed by atoms with E-state index in [0.717, 1.165) is 12.8 Å². The average Bonchev–Trinajstić information content (AvgIpc) is 2.38. The van der Waals surface area contributed by atoms with E-state index in [1.807, 2.05) is 6.92 Å². The number of carbonyl (C=O) groups is 1. The Kier molecular flexibility index (Phi) is 5.70. The first-order valence-electron chi connectivity index (χ1n) is 7.07. The maximum Gasteiger partial charge on any atom is 0.241 e. The molecule has 110 valence electrons. The van der Waals surface area contributed by atoms with Crippen LogP contribution in [0.25, 0.3) is 0 Å². The largest absolute Gasteiger partial charge is 0.325 e. The molecule has 0 unspecified atom stereocenters. The van der Waals surface area contributed by atoms with E-state index in [0.29, 0.717) is 21.8 Å². The molecule has 3 nitrogen and oxygen atoms in total. The molecule has 0 spiro atoms. The van der Waals surface area contributed by atoms with Gasteiger partial charge in [0.15, 0.2) is 0 Å². The van der Waals surface area contributed by atoms with Gasteiger partial charge in [0.05, 0.1) is 6.04 Å². The van der Waals surface area contributed by atoms with Crippen LogP contribution in [-0.4, -0.2) is 18.0 Å². The molecule has 1 aromatic carbocycles. The Labute approximate surface area is 130 Å². The number of hydrogen-bond acceptors (Lipinski definition) is 2. The first-order valence-corrected chi connectivity index (χ1v) is 7.83. The van der Waals surface area contributed by atoms with Gasteiger partial charge >= 0.3 is 0 Å². The third-order valence-corrected chi connectivity index (χ3v) is 4.05. The van der Waals surface area contributed by atoms with Gasteiger partial charge in [-0.1, -0.05) is 42.5 Å². The predicted octanol–water partition coefficient (Wildman–Crippen LogP) is 4.24. The Morgan fingerprint density at radius 2 is 1.75 bits per heavy atom. The summed E-state index contributed by atoms with van der Waals surface area (Å²) in [4.78, 5) is 12.1. The summed E-state index contributed by atoms with van der Waals surface area (Å²) in [5.41, 5.74) is 0.629. The number of hydrogen-bond donors (Lipinski definition) is 2. The summed E-state index contributed by atoms with van der Waals surface area (Å²) in [7, 11) is 0. The van der Waals surface area contributed by atoms with Gasteiger partial charge < -0.3 is 10.6 Å². The van der Waals surface area contributed by atoms with Crippen molar-refractivity contribution < 1.29 is 4.79 Å². The molecule has 1 aliphatic rings. The summed E-state index contributed by atoms with van der Waals surface area (Å²) in [5, 5.41) is 7.26. The Bertz CT molecular complexity index is 453. The molecule has 1 amide bonds. The van der Waals surface area contributed by atoms with Gasteiger partial charge in [0.1, 0.15) is 0 Å². The fraction of sp³-hybridized carbons (Fsp3) is 0.533. The van der Waals surface area contributed by atoms with Crippen LogP contribution in [0.4, 0.5) is 5.69 Å². The van der Waals surface area contributed by atoms with Crippen LogP contribution in [0.2, 0.25) is 10.0 Å². The summed E-state index contributed by atoms with van der Waals surface area (Å²) in [6, 6.07) is 5.25. The van der Waals surface area contributed by atoms with Crippen LogP contribution in [-0.2, 0) is 4.79 Å². The van der Waals surface area contributed by atoms with Crippen molar-refractivity contribution in [3.05, 3.63) is 28.2 Å². The monoisotopic (exact) mass is 314 g/mol. The minimum Gasteiger partial charge on any atom is -0.325 e. The summed E-state index contributed by atoms with van der Waals surface area (Å²) in [6.07, 6.45) is 6.10. The van der Waals surface area contributed by atoms with Crippen molar-refractivity contribution in [2.75, 3.05) is 5.32 Å². The molecule has 5 heteroatoms. The second kappa shape index (κ2) is 7.30. The van der Waals surface area contributed by atoms with Gasteiger partial charge in [-0.2, -0.15) is 0 Å². The van der Waals surface area contributed by atoms with Crippen LogP contribution >= 0.6 is 23.2 Å². The molecular formula is C15H20Cl2N2O. The number of nitrogens with one attached hydrogen (secondary N) is 2. The zero-order chi connectivity index (χ0) is 14.5. The molecular weight excluding hydrogens is 295 g/mol. The second-order valence-corrected chi connectivity index (χ2v) is 6.24. The van der Waals surface area contributed by atoms with Gasteiger partial charge in [-0.25, -0.2) is 0 Å². The molecule has 2 rings (SSSR count). The fourth-order valence-electron chi connectivity index (χ4n) is 2.58. The van der Waals surface area contributed by atoms with Crippen LogP contribution in [0.5, 0.6) is 0 Å². The van der Waals surface area contributed by atoms with E-state index in [-0.39, 0.29) is 11.9 Å². The summed E-state index contributed by atoms with van der Waals surface area (Å²) < 4.78 is 0. The topological polar surface area (TPSA) is 41.1 Å². The van der Waals surface area contributed by atoms with Gasteiger partial charge in [-0.05, 0) is 38.0 Å². The Hall–Kier alpha value is -0.770. The maximum absolute atomic E-state index is 12.1. The van der Waals surface area contributed by atoms with E-state index in [1.54, 1.807) is 18.2 Å². The van der Waals surface area contributed by atoms with Crippen molar-refractivity contribution in [2.45, 2.75) is 51.1 Å². The minimum atomic E-state index is -0.226. The quantitative estimate of drug-likeness (QED) is 0.872. The molecule has 1 atom stereocenters. The van der Waals surface area contributed by atoms with E-state index in [2.05, 4.69) is 10.6 Å². The first kappa shape index (κ1) is 15.6. The second-order valence-electron chi connectivity index (χ2n) is 5.37. The third-order valence-electron chi connectivity index (χ3n) is 3.61. The van der Waals surface area contributed by atoms with Gasteiger partial charge in [0.25, 0.3) is 0 Å². The van der Waals surface area contributed by atoms with E-state index in [1.165, 1.54) is 19.3 Å². The fourth-order valence-corrected chi connectivity index (χ4v) is 3.10. The number of anilines is 1. The van der Waals surface area contributed by atoms with Crippen LogP contribution in [0.1, 0.15) is 39.0 Å². The lowest BCUT2D eigenvalue weighted by molar-refractivity contribution is -0.118. The normalized spacial score (nSPS) is 17.8. The van der Waals surface area contributed by atoms with Crippen LogP contribution in [0.15, 0.2) is 18.2 Å². The van der Waals surface area contributed by atoms with Crippen molar-refractivity contribution in [1.82, 2.24) is 5.32 Å². The smallest absolute Gasteiger partial charge is 0.241 e. The van der Waals surface area contributed by atoms with Crippen LogP contribution < -0.4 is 10.6 Å². The molecule has 0 heterocycles. The van der Waals surface area contributed by atoms with Crippen molar-refractivity contribution in [1.29, 1.82) is 0 Å². The number of carbonyl (C=O) groups excluding carboxylic acids is 1. The minimum absolute atomic E-state index is 0.0612. The SMILES string of the molecule is C[C@@H](NC1CCCCC1)C(=O)Nc1cc(Cl)cc(Cl)c1. The van der Waals surface area contributed by atoms with E-state index < -0.39 is 0 Å². The van der Waals surface area contributed by atoms with Crippen molar-refractivity contribution in [2.24, 2.45) is 0 Å². The Morgan fingerprint density at radius 3 is 2.35 bits per heavy atom. The lowest BCUT2D eigenvalue weighted by atomic mass is 9.95. The predicted molar refractivity (Wildman–Crippen MR) is 84.6 cm³/mol. The van der Waals surface area contributed by atoms with E-state index in [4.69, 9.17) is 23.2 Å². The van der Waals surface area contributed by atoms with E-state index >= 15 is 0 Å². The average molecular weight is 315 g/mol. The Balaban J connectivity index is 1.89. The highest BCUT2D eigenvalue weighted by atomic mass is 35.5. The zero-order valence-electron chi connectivity index (χ0n) is 11.6. The molecule has 0 bridgehead atoms. The van der Waals surface area contributed by atoms with Gasteiger partial charge in [0, 0.05) is 21.8 Å². The standard InChI is InChI=1S/C15H20Cl2N2O/c1-10(18-13-5-3-2-4-6-13)15(20)19-14-8-11(16)7-12(17)9-14/h7-10,13,18H,2-6H2,1H3,(H,19,20)/t10-/m1/s1. The third kappa shape index (κ3) is 4.65. The highest BCUT2D eigenvalue weighted by Crippen LogP contribution is 2.23. The molecule has 0 aromatic heterocycles. The van der Waals surface area contributed by atoms with Crippen molar-refractivity contribution >= 4 is 34.8 Å².